The molecular formula is C12H10N2O. The predicted octanol–water partition coefficient (Wildman–Crippen LogP) is 2.21. The molecule has 3 nitrogen and oxygen atoms in total. The first-order valence-electron chi connectivity index (χ1n) is 5.02. The monoisotopic (exact) mass is 198 g/mol. The first-order chi connectivity index (χ1) is 7.36. The van der Waals surface area contributed by atoms with Crippen LogP contribution in [0.2, 0.25) is 0 Å². The Kier molecular flexibility index (Phi) is 1.71. The zero-order valence-corrected chi connectivity index (χ0v) is 8.16. The molecule has 0 radical (unpaired) electrons. The molecule has 1 aliphatic carbocycles. The topological polar surface area (TPSA) is 45.8 Å². The first-order valence-corrected chi connectivity index (χ1v) is 5.02. The van der Waals surface area contributed by atoms with Crippen molar-refractivity contribution in [1.29, 1.82) is 0 Å². The summed E-state index contributed by atoms with van der Waals surface area (Å²) in [6.45, 7) is 0. The van der Waals surface area contributed by atoms with E-state index in [1.54, 1.807) is 0 Å². The van der Waals surface area contributed by atoms with Crippen LogP contribution in [-0.2, 0) is 6.42 Å². The van der Waals surface area contributed by atoms with Crippen LogP contribution in [0.5, 0.6) is 0 Å². The van der Waals surface area contributed by atoms with E-state index in [0.29, 0.717) is 6.42 Å². The summed E-state index contributed by atoms with van der Waals surface area (Å²) < 4.78 is 0. The SMILES string of the molecule is O=C1CCc2[nH]nc(-c3ccccc3)c21. The third-order valence-electron chi connectivity index (χ3n) is 2.77. The number of nitrogens with one attached hydrogen (secondary N) is 1. The largest absolute Gasteiger partial charge is 0.294 e. The molecule has 0 saturated carbocycles. The van der Waals surface area contributed by atoms with E-state index in [1.807, 2.05) is 30.3 Å². The number of hydrogen-bond donors (Lipinski definition) is 1. The molecule has 3 rings (SSSR count). The summed E-state index contributed by atoms with van der Waals surface area (Å²) in [5.41, 5.74) is 3.58. The van der Waals surface area contributed by atoms with Crippen LogP contribution >= 0.6 is 0 Å². The number of nitrogens with zero attached hydrogens (tertiary/aromatic N) is 1. The highest BCUT2D eigenvalue weighted by molar-refractivity contribution is 6.05. The molecule has 1 aromatic carbocycles. The molecular weight excluding hydrogens is 188 g/mol. The Balaban J connectivity index is 2.19. The van der Waals surface area contributed by atoms with E-state index < -0.39 is 0 Å². The number of aromatic nitrogens is 2. The molecule has 0 unspecified atom stereocenters. The number of aromatic amines is 1. The van der Waals surface area contributed by atoms with Gasteiger partial charge < -0.3 is 0 Å². The molecule has 0 amide bonds. The van der Waals surface area contributed by atoms with Crippen molar-refractivity contribution in [2.45, 2.75) is 12.8 Å². The number of hydrogen-bond acceptors (Lipinski definition) is 2. The molecule has 0 atom stereocenters. The van der Waals surface area contributed by atoms with Crippen molar-refractivity contribution in [3.63, 3.8) is 0 Å². The molecule has 15 heavy (non-hydrogen) atoms. The lowest BCUT2D eigenvalue weighted by Gasteiger charge is -1.97. The van der Waals surface area contributed by atoms with Gasteiger partial charge >= 0.3 is 0 Å². The first kappa shape index (κ1) is 8.41. The molecule has 0 aliphatic heterocycles. The number of carbonyl (C=O) groups excluding carboxylic acids is 1. The third kappa shape index (κ3) is 1.20. The quantitative estimate of drug-likeness (QED) is 0.763. The van der Waals surface area contributed by atoms with Gasteiger partial charge in [0.2, 0.25) is 0 Å². The van der Waals surface area contributed by atoms with Crippen molar-refractivity contribution < 1.29 is 4.79 Å². The van der Waals surface area contributed by atoms with Crippen LogP contribution in [0.25, 0.3) is 11.3 Å². The van der Waals surface area contributed by atoms with Crippen LogP contribution in [0.1, 0.15) is 22.5 Å². The van der Waals surface area contributed by atoms with Gasteiger partial charge in [-0.1, -0.05) is 30.3 Å². The molecule has 3 heteroatoms. The van der Waals surface area contributed by atoms with E-state index >= 15 is 0 Å². The van der Waals surface area contributed by atoms with Gasteiger partial charge in [-0.3, -0.25) is 9.89 Å². The number of aryl methyl sites for hydroxylation is 1. The van der Waals surface area contributed by atoms with E-state index in [4.69, 9.17) is 0 Å². The number of Topliss-reactive ketones (excluding diaryl/α,β-unsaturated/α-hetero) is 1. The molecule has 1 aliphatic rings. The highest BCUT2D eigenvalue weighted by Gasteiger charge is 2.26. The summed E-state index contributed by atoms with van der Waals surface area (Å²) in [7, 11) is 0. The van der Waals surface area contributed by atoms with Gasteiger partial charge in [0.25, 0.3) is 0 Å². The lowest BCUT2D eigenvalue weighted by molar-refractivity contribution is 0.0995. The number of ketones is 1. The summed E-state index contributed by atoms with van der Waals surface area (Å²) >= 11 is 0. The van der Waals surface area contributed by atoms with Gasteiger partial charge in [-0.2, -0.15) is 5.10 Å². The van der Waals surface area contributed by atoms with Crippen molar-refractivity contribution >= 4 is 5.78 Å². The number of H-pyrrole nitrogens is 1. The second kappa shape index (κ2) is 3.05. The standard InChI is InChI=1S/C12H10N2O/c15-10-7-6-9-11(10)12(14-13-9)8-4-2-1-3-5-8/h1-5H,6-7H2,(H,13,14). The minimum atomic E-state index is 0.206. The minimum Gasteiger partial charge on any atom is -0.294 e. The van der Waals surface area contributed by atoms with Crippen LogP contribution in [-0.4, -0.2) is 16.0 Å². The molecule has 2 aromatic rings. The van der Waals surface area contributed by atoms with Crippen molar-refractivity contribution in [1.82, 2.24) is 10.2 Å². The number of rotatable bonds is 1. The smallest absolute Gasteiger partial charge is 0.167 e. The van der Waals surface area contributed by atoms with Gasteiger partial charge in [0.15, 0.2) is 5.78 Å². The average molecular weight is 198 g/mol. The van der Waals surface area contributed by atoms with Crippen molar-refractivity contribution in [3.05, 3.63) is 41.6 Å². The van der Waals surface area contributed by atoms with Crippen LogP contribution in [0.4, 0.5) is 0 Å². The van der Waals surface area contributed by atoms with E-state index in [2.05, 4.69) is 10.2 Å². The zero-order chi connectivity index (χ0) is 10.3. The maximum atomic E-state index is 11.7. The van der Waals surface area contributed by atoms with Gasteiger partial charge in [0.1, 0.15) is 5.69 Å². The third-order valence-corrected chi connectivity index (χ3v) is 2.77. The van der Waals surface area contributed by atoms with Gasteiger partial charge in [-0.15, -0.1) is 0 Å². The molecule has 74 valence electrons. The Morgan fingerprint density at radius 3 is 2.73 bits per heavy atom. The van der Waals surface area contributed by atoms with E-state index in [1.165, 1.54) is 0 Å². The van der Waals surface area contributed by atoms with Crippen LogP contribution in [0.15, 0.2) is 30.3 Å². The second-order valence-electron chi connectivity index (χ2n) is 3.71. The summed E-state index contributed by atoms with van der Waals surface area (Å²) in [5, 5.41) is 7.16. The van der Waals surface area contributed by atoms with Crippen molar-refractivity contribution in [2.75, 3.05) is 0 Å². The Bertz CT molecular complexity index is 514. The molecule has 1 aromatic heterocycles. The lowest BCUT2D eigenvalue weighted by atomic mass is 10.1. The van der Waals surface area contributed by atoms with Crippen LogP contribution in [0.3, 0.4) is 0 Å². The summed E-state index contributed by atoms with van der Waals surface area (Å²) in [4.78, 5) is 11.7. The normalized spacial score (nSPS) is 14.3. The van der Waals surface area contributed by atoms with E-state index in [-0.39, 0.29) is 5.78 Å². The fourth-order valence-electron chi connectivity index (χ4n) is 2.03. The van der Waals surface area contributed by atoms with Gasteiger partial charge in [-0.05, 0) is 6.42 Å². The fourth-order valence-corrected chi connectivity index (χ4v) is 2.03. The average Bonchev–Trinajstić information content (AvgIpc) is 2.84. The van der Waals surface area contributed by atoms with Crippen LogP contribution in [0, 0.1) is 0 Å². The fraction of sp³-hybridized carbons (Fsp3) is 0.167. The number of carbonyl (C=O) groups is 1. The molecule has 0 bridgehead atoms. The minimum absolute atomic E-state index is 0.206. The maximum Gasteiger partial charge on any atom is 0.167 e. The van der Waals surface area contributed by atoms with Gasteiger partial charge in [-0.25, -0.2) is 0 Å². The summed E-state index contributed by atoms with van der Waals surface area (Å²) in [5.74, 6) is 0.206. The Morgan fingerprint density at radius 1 is 1.13 bits per heavy atom. The summed E-state index contributed by atoms with van der Waals surface area (Å²) in [6.07, 6.45) is 1.41. The summed E-state index contributed by atoms with van der Waals surface area (Å²) in [6, 6.07) is 9.81. The maximum absolute atomic E-state index is 11.7. The number of benzene rings is 1. The van der Waals surface area contributed by atoms with Crippen LogP contribution < -0.4 is 0 Å². The number of fused-ring (bicyclic) bond motifs is 1. The molecule has 1 heterocycles. The predicted molar refractivity (Wildman–Crippen MR) is 56.7 cm³/mol. The van der Waals surface area contributed by atoms with Crippen molar-refractivity contribution in [3.8, 4) is 11.3 Å². The Hall–Kier alpha value is -1.90. The highest BCUT2D eigenvalue weighted by Crippen LogP contribution is 2.29. The molecule has 1 N–H and O–H groups in total. The Morgan fingerprint density at radius 2 is 1.93 bits per heavy atom. The van der Waals surface area contributed by atoms with E-state index in [9.17, 15) is 4.79 Å². The van der Waals surface area contributed by atoms with Gasteiger partial charge in [0.05, 0.1) is 5.56 Å². The second-order valence-corrected chi connectivity index (χ2v) is 3.71. The van der Waals surface area contributed by atoms with Gasteiger partial charge in [0, 0.05) is 17.7 Å². The Labute approximate surface area is 87.1 Å². The zero-order valence-electron chi connectivity index (χ0n) is 8.16. The van der Waals surface area contributed by atoms with E-state index in [0.717, 1.165) is 28.9 Å². The van der Waals surface area contributed by atoms with Crippen molar-refractivity contribution in [2.24, 2.45) is 0 Å². The molecule has 0 saturated heterocycles. The highest BCUT2D eigenvalue weighted by atomic mass is 16.1. The molecule has 0 fully saturated rings. The molecule has 0 spiro atoms. The lowest BCUT2D eigenvalue weighted by Crippen LogP contribution is -1.93.